The van der Waals surface area contributed by atoms with E-state index in [0.717, 1.165) is 0 Å². The Morgan fingerprint density at radius 3 is 2.44 bits per heavy atom. The number of benzene rings is 1. The van der Waals surface area contributed by atoms with E-state index in [2.05, 4.69) is 39.0 Å². The zero-order chi connectivity index (χ0) is 12.1. The highest BCUT2D eigenvalue weighted by Crippen LogP contribution is 2.41. The van der Waals surface area contributed by atoms with Gasteiger partial charge in [-0.15, -0.1) is 0 Å². The molecule has 1 aromatic rings. The Morgan fingerprint density at radius 1 is 1.25 bits per heavy atom. The van der Waals surface area contributed by atoms with Crippen LogP contribution in [0.4, 0.5) is 4.39 Å². The van der Waals surface area contributed by atoms with Crippen LogP contribution in [0.1, 0.15) is 51.3 Å². The van der Waals surface area contributed by atoms with E-state index in [1.807, 2.05) is 13.8 Å². The standard InChI is InChI=1S/C15H21F/c1-14(2,3)11-6-7-12-10(8-11)9-13(16)15(12,4)5/h6-8,13H,9H2,1-5H3. The minimum atomic E-state index is -0.738. The van der Waals surface area contributed by atoms with Crippen molar-refractivity contribution in [3.8, 4) is 0 Å². The normalized spacial score (nSPS) is 23.2. The second-order valence-electron chi connectivity index (χ2n) is 6.52. The topological polar surface area (TPSA) is 0 Å². The Labute approximate surface area is 97.9 Å². The Balaban J connectivity index is 2.49. The van der Waals surface area contributed by atoms with Gasteiger partial charge in [-0.3, -0.25) is 0 Å². The second kappa shape index (κ2) is 3.32. The molecule has 0 saturated carbocycles. The molecule has 0 heterocycles. The average Bonchev–Trinajstić information content (AvgIpc) is 2.36. The van der Waals surface area contributed by atoms with Crippen molar-refractivity contribution in [2.45, 2.75) is 58.0 Å². The van der Waals surface area contributed by atoms with Crippen LogP contribution in [-0.2, 0) is 17.3 Å². The molecule has 1 unspecified atom stereocenters. The number of fused-ring (bicyclic) bond motifs is 1. The molecule has 1 aromatic carbocycles. The first-order valence-corrected chi connectivity index (χ1v) is 6.01. The highest BCUT2D eigenvalue weighted by atomic mass is 19.1. The van der Waals surface area contributed by atoms with Crippen LogP contribution in [-0.4, -0.2) is 6.17 Å². The highest BCUT2D eigenvalue weighted by Gasteiger charge is 2.39. The van der Waals surface area contributed by atoms with Crippen molar-refractivity contribution in [2.24, 2.45) is 0 Å². The summed E-state index contributed by atoms with van der Waals surface area (Å²) in [5, 5.41) is 0. The van der Waals surface area contributed by atoms with Gasteiger partial charge in [0.25, 0.3) is 0 Å². The van der Waals surface area contributed by atoms with Gasteiger partial charge in [-0.2, -0.15) is 0 Å². The van der Waals surface area contributed by atoms with Gasteiger partial charge in [0, 0.05) is 11.8 Å². The molecule has 1 heteroatoms. The third-order valence-electron chi connectivity index (χ3n) is 3.85. The monoisotopic (exact) mass is 220 g/mol. The molecular formula is C15H21F. The molecule has 1 aliphatic rings. The molecule has 0 radical (unpaired) electrons. The minimum Gasteiger partial charge on any atom is -0.246 e. The molecule has 88 valence electrons. The molecule has 0 spiro atoms. The first kappa shape index (κ1) is 11.6. The molecule has 16 heavy (non-hydrogen) atoms. The molecule has 0 aliphatic heterocycles. The summed E-state index contributed by atoms with van der Waals surface area (Å²) >= 11 is 0. The van der Waals surface area contributed by atoms with Crippen molar-refractivity contribution >= 4 is 0 Å². The van der Waals surface area contributed by atoms with Gasteiger partial charge in [0.2, 0.25) is 0 Å². The molecular weight excluding hydrogens is 199 g/mol. The Kier molecular flexibility index (Phi) is 2.41. The Morgan fingerprint density at radius 2 is 1.88 bits per heavy atom. The number of rotatable bonds is 0. The van der Waals surface area contributed by atoms with Gasteiger partial charge in [-0.25, -0.2) is 4.39 Å². The molecule has 0 fully saturated rings. The van der Waals surface area contributed by atoms with Gasteiger partial charge in [-0.05, 0) is 22.1 Å². The summed E-state index contributed by atoms with van der Waals surface area (Å²) in [6.07, 6.45) is -0.163. The summed E-state index contributed by atoms with van der Waals surface area (Å²) in [5.41, 5.74) is 3.52. The fourth-order valence-electron chi connectivity index (χ4n) is 2.47. The first-order valence-electron chi connectivity index (χ1n) is 6.01. The molecule has 0 amide bonds. The summed E-state index contributed by atoms with van der Waals surface area (Å²) in [6, 6.07) is 6.46. The maximum absolute atomic E-state index is 13.9. The third-order valence-corrected chi connectivity index (χ3v) is 3.85. The highest BCUT2D eigenvalue weighted by molar-refractivity contribution is 5.44. The quantitative estimate of drug-likeness (QED) is 0.616. The molecule has 0 saturated heterocycles. The van der Waals surface area contributed by atoms with E-state index < -0.39 is 6.17 Å². The van der Waals surface area contributed by atoms with Crippen LogP contribution in [0.5, 0.6) is 0 Å². The van der Waals surface area contributed by atoms with Crippen LogP contribution >= 0.6 is 0 Å². The van der Waals surface area contributed by atoms with Gasteiger partial charge < -0.3 is 0 Å². The molecule has 2 rings (SSSR count). The van der Waals surface area contributed by atoms with Crippen molar-refractivity contribution in [1.82, 2.24) is 0 Å². The lowest BCUT2D eigenvalue weighted by Gasteiger charge is -2.24. The van der Waals surface area contributed by atoms with Crippen LogP contribution in [0.3, 0.4) is 0 Å². The fourth-order valence-corrected chi connectivity index (χ4v) is 2.47. The second-order valence-corrected chi connectivity index (χ2v) is 6.52. The minimum absolute atomic E-state index is 0.146. The number of hydrogen-bond donors (Lipinski definition) is 0. The number of halogens is 1. The maximum atomic E-state index is 13.9. The molecule has 1 aliphatic carbocycles. The van der Waals surface area contributed by atoms with Gasteiger partial charge in [0.05, 0.1) is 0 Å². The largest absolute Gasteiger partial charge is 0.246 e. The van der Waals surface area contributed by atoms with Gasteiger partial charge in [0.1, 0.15) is 6.17 Å². The molecule has 0 aromatic heterocycles. The van der Waals surface area contributed by atoms with Crippen LogP contribution in [0.15, 0.2) is 18.2 Å². The Hall–Kier alpha value is -0.850. The van der Waals surface area contributed by atoms with Crippen molar-refractivity contribution < 1.29 is 4.39 Å². The number of alkyl halides is 1. The summed E-state index contributed by atoms with van der Waals surface area (Å²) in [7, 11) is 0. The SMILES string of the molecule is CC(C)(C)c1ccc2c(c1)CC(F)C2(C)C. The van der Waals surface area contributed by atoms with Gasteiger partial charge in [-0.1, -0.05) is 52.8 Å². The maximum Gasteiger partial charge on any atom is 0.113 e. The van der Waals surface area contributed by atoms with Crippen LogP contribution in [0.2, 0.25) is 0 Å². The first-order chi connectivity index (χ1) is 7.23. The zero-order valence-corrected chi connectivity index (χ0v) is 10.9. The zero-order valence-electron chi connectivity index (χ0n) is 10.9. The van der Waals surface area contributed by atoms with E-state index in [4.69, 9.17) is 0 Å². The van der Waals surface area contributed by atoms with Crippen LogP contribution in [0.25, 0.3) is 0 Å². The van der Waals surface area contributed by atoms with E-state index in [0.29, 0.717) is 6.42 Å². The van der Waals surface area contributed by atoms with E-state index in [-0.39, 0.29) is 10.8 Å². The van der Waals surface area contributed by atoms with Crippen molar-refractivity contribution in [2.75, 3.05) is 0 Å². The lowest BCUT2D eigenvalue weighted by atomic mass is 9.82. The van der Waals surface area contributed by atoms with E-state index in [9.17, 15) is 4.39 Å². The van der Waals surface area contributed by atoms with E-state index in [1.54, 1.807) is 0 Å². The summed E-state index contributed by atoms with van der Waals surface area (Å²) in [5.74, 6) is 0. The molecule has 0 bridgehead atoms. The predicted octanol–water partition coefficient (Wildman–Crippen LogP) is 4.16. The fraction of sp³-hybridized carbons (Fsp3) is 0.600. The van der Waals surface area contributed by atoms with Crippen molar-refractivity contribution in [3.63, 3.8) is 0 Å². The summed E-state index contributed by atoms with van der Waals surface area (Å²) < 4.78 is 13.9. The predicted molar refractivity (Wildman–Crippen MR) is 66.8 cm³/mol. The number of hydrogen-bond acceptors (Lipinski definition) is 0. The lowest BCUT2D eigenvalue weighted by Crippen LogP contribution is -2.25. The van der Waals surface area contributed by atoms with Gasteiger partial charge >= 0.3 is 0 Å². The lowest BCUT2D eigenvalue weighted by molar-refractivity contribution is 0.237. The Bertz CT molecular complexity index is 410. The van der Waals surface area contributed by atoms with Crippen molar-refractivity contribution in [1.29, 1.82) is 0 Å². The molecule has 1 atom stereocenters. The molecule has 0 nitrogen and oxygen atoms in total. The average molecular weight is 220 g/mol. The van der Waals surface area contributed by atoms with E-state index in [1.165, 1.54) is 16.7 Å². The van der Waals surface area contributed by atoms with E-state index >= 15 is 0 Å². The van der Waals surface area contributed by atoms with Crippen molar-refractivity contribution in [3.05, 3.63) is 34.9 Å². The summed E-state index contributed by atoms with van der Waals surface area (Å²) in [4.78, 5) is 0. The van der Waals surface area contributed by atoms with Crippen LogP contribution in [0, 0.1) is 0 Å². The van der Waals surface area contributed by atoms with Gasteiger partial charge in [0.15, 0.2) is 0 Å². The smallest absolute Gasteiger partial charge is 0.113 e. The van der Waals surface area contributed by atoms with Crippen LogP contribution < -0.4 is 0 Å². The third kappa shape index (κ3) is 1.66. The molecule has 0 N–H and O–H groups in total. The summed E-state index contributed by atoms with van der Waals surface area (Å²) in [6.45, 7) is 10.6.